The highest BCUT2D eigenvalue weighted by molar-refractivity contribution is 5.72. The lowest BCUT2D eigenvalue weighted by Crippen LogP contribution is -2.34. The van der Waals surface area contributed by atoms with E-state index in [1.807, 2.05) is 24.3 Å². The van der Waals surface area contributed by atoms with Crippen molar-refractivity contribution in [1.29, 1.82) is 0 Å². The summed E-state index contributed by atoms with van der Waals surface area (Å²) in [6.07, 6.45) is 1.74. The van der Waals surface area contributed by atoms with Crippen LogP contribution in [0.1, 0.15) is 37.9 Å². The molecule has 2 rings (SSSR count). The average Bonchev–Trinajstić information content (AvgIpc) is 2.53. The van der Waals surface area contributed by atoms with Crippen LogP contribution in [0.3, 0.4) is 0 Å². The summed E-state index contributed by atoms with van der Waals surface area (Å²) in [5.41, 5.74) is 1.82. The Hall–Kier alpha value is -1.59. The van der Waals surface area contributed by atoms with Crippen LogP contribution >= 0.6 is 0 Å². The van der Waals surface area contributed by atoms with E-state index in [-0.39, 0.29) is 12.5 Å². The van der Waals surface area contributed by atoms with Crippen LogP contribution in [0.2, 0.25) is 0 Å². The number of carbonyl (C=O) groups excluding carboxylic acids is 1. The first kappa shape index (κ1) is 15.8. The Balaban J connectivity index is 1.95. The topological polar surface area (TPSA) is 72.8 Å². The fourth-order valence-corrected chi connectivity index (χ4v) is 2.62. The number of carbonyl (C=O) groups is 1. The molecule has 0 radical (unpaired) electrons. The van der Waals surface area contributed by atoms with Gasteiger partial charge in [0.25, 0.3) is 0 Å². The maximum Gasteiger partial charge on any atom is 0.216 e. The van der Waals surface area contributed by atoms with Gasteiger partial charge in [-0.25, -0.2) is 0 Å². The summed E-state index contributed by atoms with van der Waals surface area (Å²) in [6, 6.07) is 7.64. The zero-order valence-corrected chi connectivity index (χ0v) is 12.5. The van der Waals surface area contributed by atoms with Gasteiger partial charge in [-0.05, 0) is 37.0 Å². The molecule has 1 saturated heterocycles. The van der Waals surface area contributed by atoms with E-state index >= 15 is 0 Å². The number of amides is 1. The summed E-state index contributed by atoms with van der Waals surface area (Å²) < 4.78 is 0. The summed E-state index contributed by atoms with van der Waals surface area (Å²) in [4.78, 5) is 13.2. The smallest absolute Gasteiger partial charge is 0.216 e. The van der Waals surface area contributed by atoms with Crippen molar-refractivity contribution in [2.45, 2.75) is 38.4 Å². The lowest BCUT2D eigenvalue weighted by molar-refractivity contribution is -0.119. The molecule has 1 aliphatic rings. The number of hydrogen-bond acceptors (Lipinski definition) is 4. The molecule has 1 fully saturated rings. The van der Waals surface area contributed by atoms with Crippen molar-refractivity contribution >= 4 is 11.6 Å². The standard InChI is InChI=1S/C16H24N2O3/c1-12(19)17-11-15(20)16(21)13-5-7-14(8-6-13)18-9-3-2-4-10-18/h5-8,15-16,20-21H,2-4,9-11H2,1H3,(H,17,19). The molecule has 0 saturated carbocycles. The third kappa shape index (κ3) is 4.44. The van der Waals surface area contributed by atoms with Gasteiger partial charge < -0.3 is 20.4 Å². The molecule has 1 aromatic rings. The zero-order chi connectivity index (χ0) is 15.2. The van der Waals surface area contributed by atoms with Gasteiger partial charge in [0.1, 0.15) is 12.2 Å². The van der Waals surface area contributed by atoms with Crippen LogP contribution < -0.4 is 10.2 Å². The van der Waals surface area contributed by atoms with Crippen LogP contribution in [-0.4, -0.2) is 41.9 Å². The third-order valence-electron chi connectivity index (χ3n) is 3.88. The number of nitrogens with one attached hydrogen (secondary N) is 1. The molecule has 3 N–H and O–H groups in total. The van der Waals surface area contributed by atoms with Gasteiger partial charge >= 0.3 is 0 Å². The molecule has 2 unspecified atom stereocenters. The number of benzene rings is 1. The van der Waals surface area contributed by atoms with Crippen molar-refractivity contribution in [3.05, 3.63) is 29.8 Å². The quantitative estimate of drug-likeness (QED) is 0.762. The fourth-order valence-electron chi connectivity index (χ4n) is 2.62. The Labute approximate surface area is 125 Å². The highest BCUT2D eigenvalue weighted by Gasteiger charge is 2.19. The predicted molar refractivity (Wildman–Crippen MR) is 82.2 cm³/mol. The molecule has 0 aliphatic carbocycles. The number of anilines is 1. The molecule has 1 aliphatic heterocycles. The number of aliphatic hydroxyl groups excluding tert-OH is 2. The largest absolute Gasteiger partial charge is 0.388 e. The van der Waals surface area contributed by atoms with E-state index in [1.165, 1.54) is 26.2 Å². The van der Waals surface area contributed by atoms with E-state index in [0.29, 0.717) is 5.56 Å². The number of rotatable bonds is 5. The Morgan fingerprint density at radius 3 is 2.38 bits per heavy atom. The zero-order valence-electron chi connectivity index (χ0n) is 12.5. The van der Waals surface area contributed by atoms with Gasteiger partial charge in [-0.3, -0.25) is 4.79 Å². The van der Waals surface area contributed by atoms with E-state index in [0.717, 1.165) is 18.8 Å². The molecule has 1 amide bonds. The summed E-state index contributed by atoms with van der Waals surface area (Å²) in [7, 11) is 0. The van der Waals surface area contributed by atoms with Crippen molar-refractivity contribution < 1.29 is 15.0 Å². The first-order valence-corrected chi connectivity index (χ1v) is 7.53. The van der Waals surface area contributed by atoms with Gasteiger partial charge in [-0.1, -0.05) is 12.1 Å². The van der Waals surface area contributed by atoms with Crippen LogP contribution in [0.4, 0.5) is 5.69 Å². The van der Waals surface area contributed by atoms with E-state index < -0.39 is 12.2 Å². The lowest BCUT2D eigenvalue weighted by atomic mass is 10.0. The van der Waals surface area contributed by atoms with Crippen LogP contribution in [0.5, 0.6) is 0 Å². The van der Waals surface area contributed by atoms with Gasteiger partial charge in [0.2, 0.25) is 5.91 Å². The minimum Gasteiger partial charge on any atom is -0.388 e. The van der Waals surface area contributed by atoms with Crippen molar-refractivity contribution in [3.8, 4) is 0 Å². The second-order valence-electron chi connectivity index (χ2n) is 5.59. The SMILES string of the molecule is CC(=O)NCC(O)C(O)c1ccc(N2CCCCC2)cc1. The summed E-state index contributed by atoms with van der Waals surface area (Å²) >= 11 is 0. The second-order valence-corrected chi connectivity index (χ2v) is 5.59. The van der Waals surface area contributed by atoms with Crippen LogP contribution in [0.25, 0.3) is 0 Å². The molecule has 0 aromatic heterocycles. The molecule has 0 spiro atoms. The lowest BCUT2D eigenvalue weighted by Gasteiger charge is -2.29. The molecule has 1 aromatic carbocycles. The average molecular weight is 292 g/mol. The minimum absolute atomic E-state index is 0.0460. The highest BCUT2D eigenvalue weighted by atomic mass is 16.3. The third-order valence-corrected chi connectivity index (χ3v) is 3.88. The van der Waals surface area contributed by atoms with E-state index in [1.54, 1.807) is 0 Å². The second kappa shape index (κ2) is 7.43. The number of aliphatic hydroxyl groups is 2. The molecule has 116 valence electrons. The minimum atomic E-state index is -1.00. The number of piperidine rings is 1. The Morgan fingerprint density at radius 1 is 1.19 bits per heavy atom. The Bertz CT molecular complexity index is 455. The van der Waals surface area contributed by atoms with Crippen molar-refractivity contribution in [1.82, 2.24) is 5.32 Å². The molecule has 1 heterocycles. The number of nitrogens with zero attached hydrogens (tertiary/aromatic N) is 1. The van der Waals surface area contributed by atoms with Gasteiger partial charge in [-0.15, -0.1) is 0 Å². The molecule has 0 bridgehead atoms. The van der Waals surface area contributed by atoms with Gasteiger partial charge in [0.15, 0.2) is 0 Å². The van der Waals surface area contributed by atoms with Crippen molar-refractivity contribution in [2.24, 2.45) is 0 Å². The highest BCUT2D eigenvalue weighted by Crippen LogP contribution is 2.23. The molecular weight excluding hydrogens is 268 g/mol. The van der Waals surface area contributed by atoms with Crippen LogP contribution in [0.15, 0.2) is 24.3 Å². The summed E-state index contributed by atoms with van der Waals surface area (Å²) in [5, 5.41) is 22.5. The van der Waals surface area contributed by atoms with E-state index in [9.17, 15) is 15.0 Å². The Kier molecular flexibility index (Phi) is 5.59. The summed E-state index contributed by atoms with van der Waals surface area (Å²) in [5.74, 6) is -0.221. The van der Waals surface area contributed by atoms with Gasteiger partial charge in [-0.2, -0.15) is 0 Å². The fraction of sp³-hybridized carbons (Fsp3) is 0.562. The van der Waals surface area contributed by atoms with Crippen LogP contribution in [0, 0.1) is 0 Å². The van der Waals surface area contributed by atoms with Crippen molar-refractivity contribution in [2.75, 3.05) is 24.5 Å². The van der Waals surface area contributed by atoms with E-state index in [2.05, 4.69) is 10.2 Å². The monoisotopic (exact) mass is 292 g/mol. The normalized spacial score (nSPS) is 18.1. The maximum atomic E-state index is 10.8. The van der Waals surface area contributed by atoms with Gasteiger partial charge in [0, 0.05) is 32.2 Å². The molecule has 2 atom stereocenters. The predicted octanol–water partition coefficient (Wildman–Crippen LogP) is 1.21. The number of hydrogen-bond donors (Lipinski definition) is 3. The Morgan fingerprint density at radius 2 is 1.81 bits per heavy atom. The first-order valence-electron chi connectivity index (χ1n) is 7.53. The summed E-state index contributed by atoms with van der Waals surface area (Å²) in [6.45, 7) is 3.58. The molecule has 21 heavy (non-hydrogen) atoms. The molecular formula is C16H24N2O3. The molecule has 5 heteroatoms. The maximum absolute atomic E-state index is 10.8. The van der Waals surface area contributed by atoms with E-state index in [4.69, 9.17) is 0 Å². The van der Waals surface area contributed by atoms with Crippen molar-refractivity contribution in [3.63, 3.8) is 0 Å². The molecule has 5 nitrogen and oxygen atoms in total. The van der Waals surface area contributed by atoms with Gasteiger partial charge in [0.05, 0.1) is 0 Å². The van der Waals surface area contributed by atoms with Crippen LogP contribution in [-0.2, 0) is 4.79 Å². The first-order chi connectivity index (χ1) is 10.1.